The standard InChI is InChI=1S/C21H20ClFN4O3/c1-26(2)6-7-30-20-10-17-15(9-19(20)29-3)21(13(11-24)12-25-17)27(28)18-5-4-14(22)8-16(18)23/h4-5,8-10,12,28H,6-7H2,1-3H3. The number of hydrogen-bond acceptors (Lipinski definition) is 7. The maximum absolute atomic E-state index is 14.4. The van der Waals surface area contributed by atoms with E-state index in [4.69, 9.17) is 21.1 Å². The van der Waals surface area contributed by atoms with Crippen molar-refractivity contribution in [1.82, 2.24) is 9.88 Å². The van der Waals surface area contributed by atoms with Crippen LogP contribution in [-0.2, 0) is 0 Å². The molecule has 0 amide bonds. The number of pyridine rings is 1. The summed E-state index contributed by atoms with van der Waals surface area (Å²) in [6, 6.07) is 9.07. The highest BCUT2D eigenvalue weighted by atomic mass is 35.5. The Bertz CT molecular complexity index is 1120. The minimum absolute atomic E-state index is 0.0580. The highest BCUT2D eigenvalue weighted by molar-refractivity contribution is 6.30. The van der Waals surface area contributed by atoms with Crippen molar-refractivity contribution in [2.24, 2.45) is 0 Å². The molecule has 1 aromatic heterocycles. The maximum Gasteiger partial charge on any atom is 0.163 e. The molecule has 0 saturated heterocycles. The SMILES string of the molecule is COc1cc2c(N(O)c3ccc(Cl)cc3F)c(C#N)cnc2cc1OCCN(C)C. The molecule has 0 aliphatic rings. The average Bonchev–Trinajstić information content (AvgIpc) is 2.71. The third-order valence-corrected chi connectivity index (χ3v) is 4.63. The summed E-state index contributed by atoms with van der Waals surface area (Å²) in [6.07, 6.45) is 1.31. The number of nitrogens with zero attached hydrogens (tertiary/aromatic N) is 4. The van der Waals surface area contributed by atoms with Gasteiger partial charge in [0.2, 0.25) is 0 Å². The highest BCUT2D eigenvalue weighted by Crippen LogP contribution is 2.40. The molecular weight excluding hydrogens is 411 g/mol. The van der Waals surface area contributed by atoms with E-state index in [1.807, 2.05) is 25.1 Å². The molecule has 3 rings (SSSR count). The van der Waals surface area contributed by atoms with Gasteiger partial charge < -0.3 is 14.4 Å². The maximum atomic E-state index is 14.4. The second kappa shape index (κ2) is 9.13. The van der Waals surface area contributed by atoms with Crippen LogP contribution in [0.5, 0.6) is 11.5 Å². The average molecular weight is 431 g/mol. The van der Waals surface area contributed by atoms with Crippen molar-refractivity contribution in [3.8, 4) is 17.6 Å². The Morgan fingerprint density at radius 2 is 2.00 bits per heavy atom. The Kier molecular flexibility index (Phi) is 6.57. The molecule has 0 saturated carbocycles. The van der Waals surface area contributed by atoms with Crippen LogP contribution < -0.4 is 14.5 Å². The van der Waals surface area contributed by atoms with Crippen LogP contribution >= 0.6 is 11.6 Å². The molecule has 7 nitrogen and oxygen atoms in total. The van der Waals surface area contributed by atoms with Gasteiger partial charge in [-0.15, -0.1) is 0 Å². The van der Waals surface area contributed by atoms with E-state index in [2.05, 4.69) is 4.98 Å². The first-order valence-corrected chi connectivity index (χ1v) is 9.36. The van der Waals surface area contributed by atoms with Crippen LogP contribution in [0.3, 0.4) is 0 Å². The number of methoxy groups -OCH3 is 1. The van der Waals surface area contributed by atoms with E-state index < -0.39 is 5.82 Å². The third kappa shape index (κ3) is 4.39. The predicted molar refractivity (Wildman–Crippen MR) is 112 cm³/mol. The highest BCUT2D eigenvalue weighted by Gasteiger charge is 2.21. The van der Waals surface area contributed by atoms with Crippen LogP contribution in [0.2, 0.25) is 5.02 Å². The Morgan fingerprint density at radius 3 is 2.63 bits per heavy atom. The predicted octanol–water partition coefficient (Wildman–Crippen LogP) is 4.38. The number of nitriles is 1. The van der Waals surface area contributed by atoms with Gasteiger partial charge in [-0.2, -0.15) is 5.26 Å². The first-order chi connectivity index (χ1) is 14.3. The van der Waals surface area contributed by atoms with Crippen LogP contribution in [0.4, 0.5) is 15.8 Å². The van der Waals surface area contributed by atoms with Gasteiger partial charge in [0.15, 0.2) is 17.3 Å². The fourth-order valence-electron chi connectivity index (χ4n) is 2.88. The quantitative estimate of drug-likeness (QED) is 0.557. The molecule has 9 heteroatoms. The summed E-state index contributed by atoms with van der Waals surface area (Å²) in [5.41, 5.74) is 0.413. The van der Waals surface area contributed by atoms with Crippen LogP contribution in [0.15, 0.2) is 36.5 Å². The number of rotatable bonds is 7. The molecule has 0 unspecified atom stereocenters. The summed E-state index contributed by atoms with van der Waals surface area (Å²) in [7, 11) is 5.35. The molecule has 1 N–H and O–H groups in total. The van der Waals surface area contributed by atoms with E-state index in [1.165, 1.54) is 25.4 Å². The zero-order valence-corrected chi connectivity index (χ0v) is 17.4. The van der Waals surface area contributed by atoms with Crippen molar-refractivity contribution in [3.05, 3.63) is 52.9 Å². The molecule has 0 aliphatic carbocycles. The minimum Gasteiger partial charge on any atom is -0.493 e. The van der Waals surface area contributed by atoms with Crippen LogP contribution in [-0.4, -0.2) is 49.4 Å². The lowest BCUT2D eigenvalue weighted by atomic mass is 10.1. The first kappa shape index (κ1) is 21.6. The number of hydrogen-bond donors (Lipinski definition) is 1. The van der Waals surface area contributed by atoms with Crippen molar-refractivity contribution in [2.45, 2.75) is 0 Å². The zero-order valence-electron chi connectivity index (χ0n) is 16.7. The lowest BCUT2D eigenvalue weighted by Gasteiger charge is -2.21. The monoisotopic (exact) mass is 430 g/mol. The van der Waals surface area contributed by atoms with Crippen molar-refractivity contribution in [2.75, 3.05) is 39.4 Å². The number of likely N-dealkylation sites (N-methyl/N-ethyl adjacent to an activating group) is 1. The molecule has 156 valence electrons. The van der Waals surface area contributed by atoms with Gasteiger partial charge in [-0.1, -0.05) is 11.6 Å². The van der Waals surface area contributed by atoms with Crippen molar-refractivity contribution < 1.29 is 19.1 Å². The number of halogens is 2. The van der Waals surface area contributed by atoms with E-state index in [-0.39, 0.29) is 22.0 Å². The summed E-state index contributed by atoms with van der Waals surface area (Å²) in [4.78, 5) is 6.26. The fraction of sp³-hybridized carbons (Fsp3) is 0.238. The van der Waals surface area contributed by atoms with Gasteiger partial charge in [0.1, 0.15) is 18.4 Å². The number of benzene rings is 2. The molecule has 0 fully saturated rings. The molecule has 0 aliphatic heterocycles. The number of ether oxygens (including phenoxy) is 2. The summed E-state index contributed by atoms with van der Waals surface area (Å²) in [6.45, 7) is 1.13. The normalized spacial score (nSPS) is 10.9. The Balaban J connectivity index is 2.14. The molecule has 0 atom stereocenters. The van der Waals surface area contributed by atoms with Gasteiger partial charge in [-0.25, -0.2) is 9.45 Å². The van der Waals surface area contributed by atoms with Crippen molar-refractivity contribution >= 4 is 33.9 Å². The Labute approximate surface area is 178 Å². The van der Waals surface area contributed by atoms with E-state index in [0.29, 0.717) is 40.6 Å². The van der Waals surface area contributed by atoms with Crippen molar-refractivity contribution in [1.29, 1.82) is 5.26 Å². The molecule has 0 spiro atoms. The summed E-state index contributed by atoms with van der Waals surface area (Å²) >= 11 is 5.80. The molecule has 3 aromatic rings. The molecule has 30 heavy (non-hydrogen) atoms. The third-order valence-electron chi connectivity index (χ3n) is 4.39. The van der Waals surface area contributed by atoms with Gasteiger partial charge in [-0.05, 0) is 38.4 Å². The lowest BCUT2D eigenvalue weighted by Crippen LogP contribution is -2.19. The van der Waals surface area contributed by atoms with E-state index in [1.54, 1.807) is 12.1 Å². The molecule has 0 radical (unpaired) electrons. The van der Waals surface area contributed by atoms with Gasteiger partial charge in [-0.3, -0.25) is 10.2 Å². The first-order valence-electron chi connectivity index (χ1n) is 8.98. The smallest absolute Gasteiger partial charge is 0.163 e. The summed E-state index contributed by atoms with van der Waals surface area (Å²) in [5, 5.41) is 21.5. The topological polar surface area (TPSA) is 81.8 Å². The number of anilines is 2. The van der Waals surface area contributed by atoms with Crippen LogP contribution in [0.1, 0.15) is 5.56 Å². The fourth-order valence-corrected chi connectivity index (χ4v) is 3.04. The zero-order chi connectivity index (χ0) is 21.8. The summed E-state index contributed by atoms with van der Waals surface area (Å²) < 4.78 is 25.6. The van der Waals surface area contributed by atoms with Crippen LogP contribution in [0, 0.1) is 17.1 Å². The Morgan fingerprint density at radius 1 is 1.23 bits per heavy atom. The van der Waals surface area contributed by atoms with E-state index in [9.17, 15) is 14.9 Å². The Hall–Kier alpha value is -3.12. The van der Waals surface area contributed by atoms with Gasteiger partial charge in [0.25, 0.3) is 0 Å². The van der Waals surface area contributed by atoms with Gasteiger partial charge >= 0.3 is 0 Å². The molecular formula is C21H20ClFN4O3. The van der Waals surface area contributed by atoms with E-state index >= 15 is 0 Å². The van der Waals surface area contributed by atoms with Crippen molar-refractivity contribution in [3.63, 3.8) is 0 Å². The van der Waals surface area contributed by atoms with Crippen LogP contribution in [0.25, 0.3) is 10.9 Å². The van der Waals surface area contributed by atoms with Gasteiger partial charge in [0.05, 0.1) is 23.9 Å². The number of aromatic nitrogens is 1. The molecule has 2 aromatic carbocycles. The van der Waals surface area contributed by atoms with Gasteiger partial charge in [0, 0.05) is 29.2 Å². The number of fused-ring (bicyclic) bond motifs is 1. The largest absolute Gasteiger partial charge is 0.493 e. The second-order valence-corrected chi connectivity index (χ2v) is 7.15. The molecule has 0 bridgehead atoms. The summed E-state index contributed by atoms with van der Waals surface area (Å²) in [5.74, 6) is 0.121. The minimum atomic E-state index is -0.741. The van der Waals surface area contributed by atoms with E-state index in [0.717, 1.165) is 6.07 Å². The molecule has 1 heterocycles. The lowest BCUT2D eigenvalue weighted by molar-refractivity contribution is 0.251. The second-order valence-electron chi connectivity index (χ2n) is 6.71.